The van der Waals surface area contributed by atoms with Gasteiger partial charge in [-0.2, -0.15) is 4.89 Å². The molecular weight excluding hydrogens is 300 g/mol. The van der Waals surface area contributed by atoms with Crippen molar-refractivity contribution in [2.75, 3.05) is 6.61 Å². The summed E-state index contributed by atoms with van der Waals surface area (Å²) in [6, 6.07) is 0. The van der Waals surface area contributed by atoms with Gasteiger partial charge in [0.25, 0.3) is 0 Å². The highest BCUT2D eigenvalue weighted by atomic mass is 17.2. The normalized spacial score (nSPS) is 14.2. The summed E-state index contributed by atoms with van der Waals surface area (Å²) in [6.07, 6.45) is -3.22. The zero-order valence-electron chi connectivity index (χ0n) is 13.1. The van der Waals surface area contributed by atoms with Gasteiger partial charge < -0.3 is 14.2 Å². The Morgan fingerprint density at radius 2 is 1.36 bits per heavy atom. The molecule has 0 amide bonds. The van der Waals surface area contributed by atoms with Crippen LogP contribution >= 0.6 is 0 Å². The van der Waals surface area contributed by atoms with E-state index in [0.717, 1.165) is 13.8 Å². The fraction of sp³-hybridized carbons (Fsp3) is 0.692. The van der Waals surface area contributed by atoms with Crippen molar-refractivity contribution in [2.45, 2.75) is 52.9 Å². The first-order valence-corrected chi connectivity index (χ1v) is 6.45. The molecule has 3 atom stereocenters. The van der Waals surface area contributed by atoms with E-state index in [4.69, 9.17) is 19.1 Å². The van der Waals surface area contributed by atoms with Crippen LogP contribution in [0.4, 0.5) is 0 Å². The third-order valence-electron chi connectivity index (χ3n) is 2.22. The topological polar surface area (TPSA) is 114 Å². The Hall–Kier alpha value is -2.16. The summed E-state index contributed by atoms with van der Waals surface area (Å²) in [7, 11) is 0. The van der Waals surface area contributed by atoms with E-state index < -0.39 is 42.2 Å². The lowest BCUT2D eigenvalue weighted by molar-refractivity contribution is -0.320. The van der Waals surface area contributed by atoms with Crippen LogP contribution in [-0.2, 0) is 43.2 Å². The lowest BCUT2D eigenvalue weighted by atomic mass is 10.1. The third-order valence-corrected chi connectivity index (χ3v) is 2.22. The van der Waals surface area contributed by atoms with Gasteiger partial charge in [0.2, 0.25) is 0 Å². The second kappa shape index (κ2) is 9.72. The largest absolute Gasteiger partial charge is 0.463 e. The molecule has 0 rings (SSSR count). The average Bonchev–Trinajstić information content (AvgIpc) is 2.34. The van der Waals surface area contributed by atoms with E-state index in [1.807, 2.05) is 0 Å². The first kappa shape index (κ1) is 19.8. The van der Waals surface area contributed by atoms with Gasteiger partial charge in [0, 0.05) is 27.7 Å². The van der Waals surface area contributed by atoms with Gasteiger partial charge in [-0.3, -0.25) is 19.3 Å². The molecule has 0 aliphatic heterocycles. The molecule has 0 aromatic rings. The van der Waals surface area contributed by atoms with Crippen molar-refractivity contribution in [3.05, 3.63) is 0 Å². The standard InChI is InChI=1S/C13H20O9/c1-7(19-9(3)15)13(20-10(4)16)12(6-18-8(2)14)22-21-11(5)17/h7,12-13H,6H2,1-5H3/t7?,12-,13?/m1/s1. The molecule has 0 bridgehead atoms. The van der Waals surface area contributed by atoms with Crippen LogP contribution in [0.5, 0.6) is 0 Å². The molecule has 0 N–H and O–H groups in total. The fourth-order valence-corrected chi connectivity index (χ4v) is 1.50. The predicted molar refractivity (Wildman–Crippen MR) is 70.1 cm³/mol. The van der Waals surface area contributed by atoms with Crippen molar-refractivity contribution in [1.29, 1.82) is 0 Å². The number of ether oxygens (including phenoxy) is 3. The minimum atomic E-state index is -1.16. The van der Waals surface area contributed by atoms with E-state index in [1.165, 1.54) is 20.8 Å². The Morgan fingerprint density at radius 3 is 1.77 bits per heavy atom. The fourth-order valence-electron chi connectivity index (χ4n) is 1.50. The summed E-state index contributed by atoms with van der Waals surface area (Å²) in [5, 5.41) is 0. The number of rotatable bonds is 8. The van der Waals surface area contributed by atoms with E-state index in [1.54, 1.807) is 0 Å². The second-order valence-corrected chi connectivity index (χ2v) is 4.40. The summed E-state index contributed by atoms with van der Waals surface area (Å²) >= 11 is 0. The van der Waals surface area contributed by atoms with Crippen LogP contribution in [0, 0.1) is 0 Å². The summed E-state index contributed by atoms with van der Waals surface area (Å²) in [4.78, 5) is 53.2. The second-order valence-electron chi connectivity index (χ2n) is 4.40. The molecule has 0 aromatic heterocycles. The van der Waals surface area contributed by atoms with Crippen LogP contribution in [0.25, 0.3) is 0 Å². The Morgan fingerprint density at radius 1 is 0.818 bits per heavy atom. The molecule has 0 saturated carbocycles. The predicted octanol–water partition coefficient (Wildman–Crippen LogP) is 0.296. The molecule has 0 heterocycles. The van der Waals surface area contributed by atoms with Gasteiger partial charge in [0.1, 0.15) is 12.7 Å². The lowest BCUT2D eigenvalue weighted by Crippen LogP contribution is -2.45. The lowest BCUT2D eigenvalue weighted by Gasteiger charge is -2.28. The molecule has 0 aliphatic carbocycles. The molecule has 0 aromatic carbocycles. The van der Waals surface area contributed by atoms with Crippen molar-refractivity contribution in [1.82, 2.24) is 0 Å². The van der Waals surface area contributed by atoms with Crippen LogP contribution in [0.1, 0.15) is 34.6 Å². The van der Waals surface area contributed by atoms with Gasteiger partial charge in [-0.1, -0.05) is 0 Å². The zero-order valence-corrected chi connectivity index (χ0v) is 13.1. The van der Waals surface area contributed by atoms with Gasteiger partial charge in [-0.05, 0) is 6.92 Å². The van der Waals surface area contributed by atoms with E-state index >= 15 is 0 Å². The van der Waals surface area contributed by atoms with Gasteiger partial charge in [0.05, 0.1) is 0 Å². The molecule has 0 spiro atoms. The van der Waals surface area contributed by atoms with Gasteiger partial charge >= 0.3 is 23.9 Å². The summed E-state index contributed by atoms with van der Waals surface area (Å²) in [5.74, 6) is -2.65. The van der Waals surface area contributed by atoms with E-state index in [2.05, 4.69) is 4.89 Å². The van der Waals surface area contributed by atoms with E-state index in [9.17, 15) is 19.2 Å². The Bertz CT molecular complexity index is 400. The maximum absolute atomic E-state index is 11.2. The van der Waals surface area contributed by atoms with Crippen LogP contribution in [-0.4, -0.2) is 48.8 Å². The smallest absolute Gasteiger partial charge is 0.339 e. The zero-order chi connectivity index (χ0) is 17.3. The Kier molecular flexibility index (Phi) is 8.76. The molecular formula is C13H20O9. The maximum Gasteiger partial charge on any atom is 0.339 e. The minimum Gasteiger partial charge on any atom is -0.463 e. The van der Waals surface area contributed by atoms with Crippen molar-refractivity contribution in [3.8, 4) is 0 Å². The van der Waals surface area contributed by atoms with Crippen molar-refractivity contribution in [2.24, 2.45) is 0 Å². The van der Waals surface area contributed by atoms with Crippen molar-refractivity contribution < 1.29 is 43.2 Å². The van der Waals surface area contributed by atoms with Crippen LogP contribution in [0.15, 0.2) is 0 Å². The Labute approximate surface area is 127 Å². The number of hydrogen-bond acceptors (Lipinski definition) is 9. The quantitative estimate of drug-likeness (QED) is 0.269. The SMILES string of the molecule is CC(=O)OC[C@@H](OOC(C)=O)C(OC(C)=O)C(C)OC(C)=O. The minimum absolute atomic E-state index is 0.369. The molecule has 0 fully saturated rings. The first-order chi connectivity index (χ1) is 10.1. The molecule has 9 heteroatoms. The van der Waals surface area contributed by atoms with Crippen molar-refractivity contribution in [3.63, 3.8) is 0 Å². The average molecular weight is 320 g/mol. The van der Waals surface area contributed by atoms with Crippen LogP contribution < -0.4 is 0 Å². The monoisotopic (exact) mass is 320 g/mol. The number of hydrogen-bond donors (Lipinski definition) is 0. The van der Waals surface area contributed by atoms with Gasteiger partial charge in [-0.25, -0.2) is 4.79 Å². The number of carbonyl (C=O) groups excluding carboxylic acids is 4. The molecule has 126 valence electrons. The van der Waals surface area contributed by atoms with Crippen LogP contribution in [0.2, 0.25) is 0 Å². The highest BCUT2D eigenvalue weighted by Crippen LogP contribution is 2.14. The molecule has 0 saturated heterocycles. The Balaban J connectivity index is 5.10. The summed E-state index contributed by atoms with van der Waals surface area (Å²) < 4.78 is 14.7. The number of esters is 3. The van der Waals surface area contributed by atoms with E-state index in [-0.39, 0.29) is 6.61 Å². The molecule has 9 nitrogen and oxygen atoms in total. The molecule has 2 unspecified atom stereocenters. The summed E-state index contributed by atoms with van der Waals surface area (Å²) in [5.41, 5.74) is 0. The van der Waals surface area contributed by atoms with Crippen molar-refractivity contribution >= 4 is 23.9 Å². The third kappa shape index (κ3) is 8.90. The van der Waals surface area contributed by atoms with E-state index in [0.29, 0.717) is 0 Å². The number of carbonyl (C=O) groups is 4. The maximum atomic E-state index is 11.2. The highest BCUT2D eigenvalue weighted by molar-refractivity contribution is 5.67. The van der Waals surface area contributed by atoms with Gasteiger partial charge in [-0.15, -0.1) is 0 Å². The first-order valence-electron chi connectivity index (χ1n) is 6.45. The summed E-state index contributed by atoms with van der Waals surface area (Å²) in [6.45, 7) is 5.66. The molecule has 0 radical (unpaired) electrons. The molecule has 22 heavy (non-hydrogen) atoms. The van der Waals surface area contributed by atoms with Crippen LogP contribution in [0.3, 0.4) is 0 Å². The van der Waals surface area contributed by atoms with Gasteiger partial charge in [0.15, 0.2) is 12.2 Å². The molecule has 0 aliphatic rings. The highest BCUT2D eigenvalue weighted by Gasteiger charge is 2.35.